The molecule has 0 atom stereocenters. The third-order valence-electron chi connectivity index (χ3n) is 5.85. The van der Waals surface area contributed by atoms with Crippen molar-refractivity contribution in [1.82, 2.24) is 35.0 Å². The number of carbonyl (C=O) groups is 1. The molecule has 3 N–H and O–H groups in total. The third-order valence-corrected chi connectivity index (χ3v) is 5.85. The molecule has 6 rings (SSSR count). The number of anilines is 1. The summed E-state index contributed by atoms with van der Waals surface area (Å²) in [6, 6.07) is 13.6. The number of benzene rings is 2. The van der Waals surface area contributed by atoms with E-state index in [0.29, 0.717) is 22.7 Å². The fraction of sp³-hybridized carbons (Fsp3) is 0.208. The van der Waals surface area contributed by atoms with Gasteiger partial charge in [-0.15, -0.1) is 0 Å². The molecule has 0 radical (unpaired) electrons. The molecule has 1 aliphatic rings. The van der Waals surface area contributed by atoms with Crippen molar-refractivity contribution in [2.75, 3.05) is 31.6 Å². The summed E-state index contributed by atoms with van der Waals surface area (Å²) in [6.07, 6.45) is 3.09. The van der Waals surface area contributed by atoms with Crippen LogP contribution in [-0.4, -0.2) is 67.2 Å². The number of rotatable bonds is 5. The number of aromatic nitrogens is 6. The average Bonchev–Trinajstić information content (AvgIpc) is 3.50. The number of H-pyrrole nitrogens is 2. The van der Waals surface area contributed by atoms with Gasteiger partial charge in [-0.2, -0.15) is 5.10 Å². The number of para-hydroxylation sites is 2. The summed E-state index contributed by atoms with van der Waals surface area (Å²) in [4.78, 5) is 32.0. The van der Waals surface area contributed by atoms with Crippen molar-refractivity contribution in [3.05, 3.63) is 66.1 Å². The highest BCUT2D eigenvalue weighted by Crippen LogP contribution is 2.26. The largest absolute Gasteiger partial charge is 0.379 e. The minimum absolute atomic E-state index is 0.225. The van der Waals surface area contributed by atoms with Gasteiger partial charge in [0, 0.05) is 25.8 Å². The second-order valence-electron chi connectivity index (χ2n) is 8.17. The standard InChI is InChI=1S/C24H22N8O2/c33-24(21-12-25-16-3-1-2-4-17(16)27-21)30-20-13-26-31-22(20)23-28-18-6-5-15(11-19(18)29-23)14-32-7-9-34-10-8-32/h1-6,11-13H,7-10,14H2,(H,26,31)(H,28,29)(H,30,33). The number of carbonyl (C=O) groups excluding carboxylic acids is 1. The summed E-state index contributed by atoms with van der Waals surface area (Å²) < 4.78 is 5.43. The minimum atomic E-state index is -0.371. The Hall–Kier alpha value is -4.15. The zero-order valence-corrected chi connectivity index (χ0v) is 18.3. The lowest BCUT2D eigenvalue weighted by Gasteiger charge is -2.26. The maximum atomic E-state index is 12.8. The molecule has 1 amide bonds. The molecule has 0 unspecified atom stereocenters. The highest BCUT2D eigenvalue weighted by atomic mass is 16.5. The molecule has 1 fully saturated rings. The Labute approximate surface area is 194 Å². The van der Waals surface area contributed by atoms with Crippen LogP contribution in [0.4, 0.5) is 5.69 Å². The van der Waals surface area contributed by atoms with Crippen molar-refractivity contribution in [2.24, 2.45) is 0 Å². The fourth-order valence-corrected chi connectivity index (χ4v) is 4.10. The number of nitrogens with one attached hydrogen (secondary N) is 3. The molecule has 0 aliphatic carbocycles. The maximum absolute atomic E-state index is 12.8. The van der Waals surface area contributed by atoms with E-state index < -0.39 is 0 Å². The van der Waals surface area contributed by atoms with Gasteiger partial charge < -0.3 is 15.0 Å². The highest BCUT2D eigenvalue weighted by Gasteiger charge is 2.18. The molecule has 0 spiro atoms. The van der Waals surface area contributed by atoms with Gasteiger partial charge in [0.05, 0.1) is 47.2 Å². The number of nitrogens with zero attached hydrogens (tertiary/aromatic N) is 5. The Morgan fingerprint density at radius 1 is 1.06 bits per heavy atom. The van der Waals surface area contributed by atoms with E-state index in [1.165, 1.54) is 11.8 Å². The Kier molecular flexibility index (Phi) is 5.21. The molecule has 10 nitrogen and oxygen atoms in total. The van der Waals surface area contributed by atoms with E-state index in [1.807, 2.05) is 30.3 Å². The van der Waals surface area contributed by atoms with Crippen molar-refractivity contribution in [3.63, 3.8) is 0 Å². The van der Waals surface area contributed by atoms with E-state index in [1.54, 1.807) is 6.20 Å². The van der Waals surface area contributed by atoms with Crippen LogP contribution in [0.1, 0.15) is 16.1 Å². The van der Waals surface area contributed by atoms with Crippen molar-refractivity contribution >= 4 is 33.7 Å². The molecule has 170 valence electrons. The van der Waals surface area contributed by atoms with Crippen LogP contribution in [0.15, 0.2) is 54.9 Å². The van der Waals surface area contributed by atoms with Gasteiger partial charge in [0.2, 0.25) is 0 Å². The summed E-state index contributed by atoms with van der Waals surface area (Å²) >= 11 is 0. The van der Waals surface area contributed by atoms with Gasteiger partial charge in [-0.05, 0) is 29.8 Å². The van der Waals surface area contributed by atoms with Crippen LogP contribution in [0, 0.1) is 0 Å². The highest BCUT2D eigenvalue weighted by molar-refractivity contribution is 6.05. The number of hydrogen-bond donors (Lipinski definition) is 3. The zero-order chi connectivity index (χ0) is 22.9. The molecular weight excluding hydrogens is 432 g/mol. The van der Waals surface area contributed by atoms with Crippen molar-refractivity contribution in [1.29, 1.82) is 0 Å². The minimum Gasteiger partial charge on any atom is -0.379 e. The Morgan fingerprint density at radius 3 is 2.79 bits per heavy atom. The number of hydrogen-bond acceptors (Lipinski definition) is 7. The SMILES string of the molecule is O=C(Nc1c[nH]nc1-c1nc2cc(CN3CCOCC3)ccc2[nH]1)c1cnc2ccccc2n1. The van der Waals surface area contributed by atoms with Gasteiger partial charge >= 0.3 is 0 Å². The number of amides is 1. The van der Waals surface area contributed by atoms with Crippen LogP contribution in [0.5, 0.6) is 0 Å². The summed E-state index contributed by atoms with van der Waals surface area (Å²) in [5.74, 6) is 0.199. The first-order chi connectivity index (χ1) is 16.7. The third kappa shape index (κ3) is 4.00. The van der Waals surface area contributed by atoms with Crippen LogP contribution in [0.2, 0.25) is 0 Å². The Bertz CT molecular complexity index is 1480. The lowest BCUT2D eigenvalue weighted by atomic mass is 10.2. The molecule has 0 bridgehead atoms. The summed E-state index contributed by atoms with van der Waals surface area (Å²) in [7, 11) is 0. The topological polar surface area (TPSA) is 125 Å². The van der Waals surface area contributed by atoms with E-state index in [4.69, 9.17) is 9.72 Å². The summed E-state index contributed by atoms with van der Waals surface area (Å²) in [5, 5.41) is 9.98. The fourth-order valence-electron chi connectivity index (χ4n) is 4.10. The lowest BCUT2D eigenvalue weighted by molar-refractivity contribution is 0.0342. The van der Waals surface area contributed by atoms with E-state index in [9.17, 15) is 4.79 Å². The maximum Gasteiger partial charge on any atom is 0.275 e. The van der Waals surface area contributed by atoms with Gasteiger partial charge in [-0.1, -0.05) is 18.2 Å². The van der Waals surface area contributed by atoms with Crippen LogP contribution in [0.25, 0.3) is 33.6 Å². The second kappa shape index (κ2) is 8.65. The lowest BCUT2D eigenvalue weighted by Crippen LogP contribution is -2.35. The van der Waals surface area contributed by atoms with Crippen LogP contribution in [0.3, 0.4) is 0 Å². The molecule has 3 aromatic heterocycles. The number of imidazole rings is 1. The van der Waals surface area contributed by atoms with Crippen LogP contribution < -0.4 is 5.32 Å². The average molecular weight is 454 g/mol. The van der Waals surface area contributed by atoms with E-state index in [-0.39, 0.29) is 11.6 Å². The molecule has 4 heterocycles. The van der Waals surface area contributed by atoms with E-state index in [0.717, 1.165) is 49.4 Å². The monoisotopic (exact) mass is 454 g/mol. The molecule has 1 saturated heterocycles. The molecule has 0 saturated carbocycles. The molecule has 2 aromatic carbocycles. The molecule has 1 aliphatic heterocycles. The number of aromatic amines is 2. The number of ether oxygens (including phenoxy) is 1. The van der Waals surface area contributed by atoms with Crippen molar-refractivity contribution in [2.45, 2.75) is 6.54 Å². The predicted molar refractivity (Wildman–Crippen MR) is 127 cm³/mol. The first-order valence-electron chi connectivity index (χ1n) is 11.1. The number of fused-ring (bicyclic) bond motifs is 2. The Morgan fingerprint density at radius 2 is 1.91 bits per heavy atom. The zero-order valence-electron chi connectivity index (χ0n) is 18.3. The van der Waals surface area contributed by atoms with Crippen LogP contribution in [-0.2, 0) is 11.3 Å². The summed E-state index contributed by atoms with van der Waals surface area (Å²) in [6.45, 7) is 4.27. The second-order valence-corrected chi connectivity index (χ2v) is 8.17. The molecule has 34 heavy (non-hydrogen) atoms. The van der Waals surface area contributed by atoms with Gasteiger partial charge in [-0.25, -0.2) is 9.97 Å². The Balaban J connectivity index is 1.23. The first kappa shape index (κ1) is 20.5. The predicted octanol–water partition coefficient (Wildman–Crippen LogP) is 2.98. The molecule has 5 aromatic rings. The molecule has 10 heteroatoms. The van der Waals surface area contributed by atoms with Crippen LogP contribution >= 0.6 is 0 Å². The number of morpholine rings is 1. The van der Waals surface area contributed by atoms with Gasteiger partial charge in [0.25, 0.3) is 5.91 Å². The summed E-state index contributed by atoms with van der Waals surface area (Å²) in [5.41, 5.74) is 5.59. The van der Waals surface area contributed by atoms with E-state index >= 15 is 0 Å². The first-order valence-corrected chi connectivity index (χ1v) is 11.1. The van der Waals surface area contributed by atoms with Gasteiger partial charge in [-0.3, -0.25) is 19.8 Å². The van der Waals surface area contributed by atoms with Gasteiger partial charge in [0.1, 0.15) is 5.69 Å². The smallest absolute Gasteiger partial charge is 0.275 e. The molecular formula is C24H22N8O2. The quantitative estimate of drug-likeness (QED) is 0.373. The van der Waals surface area contributed by atoms with Crippen molar-refractivity contribution in [3.8, 4) is 11.5 Å². The normalized spacial score (nSPS) is 14.6. The van der Waals surface area contributed by atoms with Crippen molar-refractivity contribution < 1.29 is 9.53 Å². The van der Waals surface area contributed by atoms with E-state index in [2.05, 4.69) is 47.5 Å². The van der Waals surface area contributed by atoms with Gasteiger partial charge in [0.15, 0.2) is 11.5 Å².